The fourth-order valence-corrected chi connectivity index (χ4v) is 1.86. The lowest BCUT2D eigenvalue weighted by molar-refractivity contribution is -0.144. The minimum Gasteiger partial charge on any atom is -0.380 e. The van der Waals surface area contributed by atoms with E-state index in [-0.39, 0.29) is 11.8 Å². The maximum atomic E-state index is 11.8. The lowest BCUT2D eigenvalue weighted by atomic mass is 9.82. The number of aliphatic hydroxyl groups is 1. The van der Waals surface area contributed by atoms with Gasteiger partial charge in [0.15, 0.2) is 0 Å². The summed E-state index contributed by atoms with van der Waals surface area (Å²) >= 11 is 0. The second-order valence-electron chi connectivity index (χ2n) is 4.39. The van der Waals surface area contributed by atoms with E-state index in [2.05, 4.69) is 18.8 Å². The first-order valence-corrected chi connectivity index (χ1v) is 6.12. The topological polar surface area (TPSA) is 49.3 Å². The molecule has 2 N–H and O–H groups in total. The molecule has 0 saturated heterocycles. The Bertz CT molecular complexity index is 224. The normalized spacial score (nSPS) is 16.2. The second kappa shape index (κ2) is 7.44. The van der Waals surface area contributed by atoms with E-state index in [1.54, 1.807) is 13.0 Å². The summed E-state index contributed by atoms with van der Waals surface area (Å²) in [6.07, 6.45) is 5.45. The van der Waals surface area contributed by atoms with Crippen molar-refractivity contribution < 1.29 is 9.90 Å². The second-order valence-corrected chi connectivity index (χ2v) is 4.39. The Morgan fingerprint density at radius 3 is 2.62 bits per heavy atom. The van der Waals surface area contributed by atoms with Crippen LogP contribution in [0.15, 0.2) is 12.7 Å². The maximum Gasteiger partial charge on any atom is 0.252 e. The third kappa shape index (κ3) is 4.35. The fourth-order valence-electron chi connectivity index (χ4n) is 1.86. The number of carbonyl (C=O) groups is 1. The molecule has 0 aromatic rings. The Labute approximate surface area is 98.9 Å². The smallest absolute Gasteiger partial charge is 0.252 e. The van der Waals surface area contributed by atoms with Crippen LogP contribution in [0.4, 0.5) is 0 Å². The number of amides is 1. The van der Waals surface area contributed by atoms with Gasteiger partial charge in [0.2, 0.25) is 0 Å². The Morgan fingerprint density at radius 1 is 1.56 bits per heavy atom. The molecular formula is C13H25NO2. The molecule has 0 aromatic heterocycles. The molecule has 1 amide bonds. The lowest BCUT2D eigenvalue weighted by Crippen LogP contribution is -2.49. The van der Waals surface area contributed by atoms with Gasteiger partial charge in [-0.1, -0.05) is 39.2 Å². The molecule has 16 heavy (non-hydrogen) atoms. The highest BCUT2D eigenvalue weighted by atomic mass is 16.3. The van der Waals surface area contributed by atoms with Gasteiger partial charge in [-0.25, -0.2) is 0 Å². The van der Waals surface area contributed by atoms with Crippen molar-refractivity contribution in [3.63, 3.8) is 0 Å². The van der Waals surface area contributed by atoms with Crippen LogP contribution in [0.1, 0.15) is 46.5 Å². The summed E-state index contributed by atoms with van der Waals surface area (Å²) < 4.78 is 0. The zero-order chi connectivity index (χ0) is 12.6. The molecule has 3 heteroatoms. The van der Waals surface area contributed by atoms with Crippen molar-refractivity contribution in [3.05, 3.63) is 12.7 Å². The fraction of sp³-hybridized carbons (Fsp3) is 0.769. The minimum atomic E-state index is -1.27. The molecule has 1 unspecified atom stereocenters. The SMILES string of the molecule is C=CCNC(=O)C(C)(O)[C@@H](CC)CCCC. The maximum absolute atomic E-state index is 11.8. The van der Waals surface area contributed by atoms with E-state index in [0.29, 0.717) is 6.54 Å². The van der Waals surface area contributed by atoms with Gasteiger partial charge in [0.1, 0.15) is 5.60 Å². The first kappa shape index (κ1) is 15.2. The summed E-state index contributed by atoms with van der Waals surface area (Å²) in [5.41, 5.74) is -1.27. The number of hydrogen-bond acceptors (Lipinski definition) is 2. The van der Waals surface area contributed by atoms with Crippen LogP contribution < -0.4 is 5.32 Å². The number of unbranched alkanes of at least 4 members (excludes halogenated alkanes) is 1. The molecule has 0 heterocycles. The summed E-state index contributed by atoms with van der Waals surface area (Å²) in [4.78, 5) is 11.8. The lowest BCUT2D eigenvalue weighted by Gasteiger charge is -2.31. The number of nitrogens with one attached hydrogen (secondary N) is 1. The van der Waals surface area contributed by atoms with E-state index in [1.807, 2.05) is 6.92 Å². The van der Waals surface area contributed by atoms with Crippen LogP contribution in [-0.4, -0.2) is 23.2 Å². The third-order valence-electron chi connectivity index (χ3n) is 3.06. The van der Waals surface area contributed by atoms with Crippen molar-refractivity contribution in [3.8, 4) is 0 Å². The van der Waals surface area contributed by atoms with Crippen molar-refractivity contribution >= 4 is 5.91 Å². The van der Waals surface area contributed by atoms with Crippen LogP contribution in [0.3, 0.4) is 0 Å². The molecule has 0 aromatic carbocycles. The summed E-state index contributed by atoms with van der Waals surface area (Å²) in [6, 6.07) is 0. The molecule has 0 radical (unpaired) electrons. The van der Waals surface area contributed by atoms with Crippen LogP contribution in [0.2, 0.25) is 0 Å². The molecule has 3 nitrogen and oxygen atoms in total. The summed E-state index contributed by atoms with van der Waals surface area (Å²) in [5, 5.41) is 12.9. The Kier molecular flexibility index (Phi) is 7.06. The molecular weight excluding hydrogens is 202 g/mol. The van der Waals surface area contributed by atoms with Gasteiger partial charge in [0, 0.05) is 6.54 Å². The van der Waals surface area contributed by atoms with E-state index >= 15 is 0 Å². The number of carbonyl (C=O) groups excluding carboxylic acids is 1. The van der Waals surface area contributed by atoms with E-state index in [1.165, 1.54) is 0 Å². The van der Waals surface area contributed by atoms with Crippen molar-refractivity contribution in [1.82, 2.24) is 5.32 Å². The average Bonchev–Trinajstić information content (AvgIpc) is 2.26. The predicted octanol–water partition coefficient (Wildman–Crippen LogP) is 2.26. The molecule has 0 aliphatic carbocycles. The molecule has 0 aliphatic heterocycles. The van der Waals surface area contributed by atoms with E-state index in [4.69, 9.17) is 0 Å². The van der Waals surface area contributed by atoms with Crippen LogP contribution in [-0.2, 0) is 4.79 Å². The molecule has 0 rings (SSSR count). The van der Waals surface area contributed by atoms with E-state index < -0.39 is 5.60 Å². The summed E-state index contributed by atoms with van der Waals surface area (Å²) in [6.45, 7) is 9.66. The summed E-state index contributed by atoms with van der Waals surface area (Å²) in [7, 11) is 0. The van der Waals surface area contributed by atoms with Crippen LogP contribution in [0.5, 0.6) is 0 Å². The van der Waals surface area contributed by atoms with Gasteiger partial charge >= 0.3 is 0 Å². The highest BCUT2D eigenvalue weighted by Crippen LogP contribution is 2.26. The van der Waals surface area contributed by atoms with E-state index in [9.17, 15) is 9.90 Å². The number of hydrogen-bond donors (Lipinski definition) is 2. The molecule has 0 spiro atoms. The third-order valence-corrected chi connectivity index (χ3v) is 3.06. The first-order chi connectivity index (χ1) is 7.50. The first-order valence-electron chi connectivity index (χ1n) is 6.12. The quantitative estimate of drug-likeness (QED) is 0.625. The molecule has 94 valence electrons. The van der Waals surface area contributed by atoms with Crippen LogP contribution in [0, 0.1) is 5.92 Å². The van der Waals surface area contributed by atoms with Gasteiger partial charge in [-0.3, -0.25) is 4.79 Å². The Hall–Kier alpha value is -0.830. The predicted molar refractivity (Wildman–Crippen MR) is 67.1 cm³/mol. The van der Waals surface area contributed by atoms with Gasteiger partial charge in [0.05, 0.1) is 0 Å². The van der Waals surface area contributed by atoms with Gasteiger partial charge < -0.3 is 10.4 Å². The Morgan fingerprint density at radius 2 is 2.19 bits per heavy atom. The monoisotopic (exact) mass is 227 g/mol. The van der Waals surface area contributed by atoms with Gasteiger partial charge in [0.25, 0.3) is 5.91 Å². The molecule has 2 atom stereocenters. The van der Waals surface area contributed by atoms with Crippen LogP contribution >= 0.6 is 0 Å². The number of rotatable bonds is 8. The largest absolute Gasteiger partial charge is 0.380 e. The molecule has 0 fully saturated rings. The highest BCUT2D eigenvalue weighted by molar-refractivity contribution is 5.84. The Balaban J connectivity index is 4.44. The van der Waals surface area contributed by atoms with E-state index in [0.717, 1.165) is 25.7 Å². The van der Waals surface area contributed by atoms with Crippen molar-refractivity contribution in [1.29, 1.82) is 0 Å². The minimum absolute atomic E-state index is 0.0252. The van der Waals surface area contributed by atoms with Gasteiger partial charge in [-0.05, 0) is 19.3 Å². The van der Waals surface area contributed by atoms with Crippen molar-refractivity contribution in [2.45, 2.75) is 52.1 Å². The van der Waals surface area contributed by atoms with Crippen molar-refractivity contribution in [2.24, 2.45) is 5.92 Å². The van der Waals surface area contributed by atoms with Gasteiger partial charge in [-0.2, -0.15) is 0 Å². The van der Waals surface area contributed by atoms with Gasteiger partial charge in [-0.15, -0.1) is 6.58 Å². The van der Waals surface area contributed by atoms with Crippen molar-refractivity contribution in [2.75, 3.05) is 6.54 Å². The zero-order valence-corrected chi connectivity index (χ0v) is 10.8. The zero-order valence-electron chi connectivity index (χ0n) is 10.8. The molecule has 0 aliphatic rings. The average molecular weight is 227 g/mol. The summed E-state index contributed by atoms with van der Waals surface area (Å²) in [5.74, 6) is -0.271. The standard InChI is InChI=1S/C13H25NO2/c1-5-8-9-11(7-3)13(4,16)12(15)14-10-6-2/h6,11,16H,2,5,7-10H2,1,3-4H3,(H,14,15)/t11-,13?/m0/s1. The highest BCUT2D eigenvalue weighted by Gasteiger charge is 2.37. The molecule has 0 saturated carbocycles. The van der Waals surface area contributed by atoms with Crippen LogP contribution in [0.25, 0.3) is 0 Å². The molecule has 0 bridgehead atoms.